The topological polar surface area (TPSA) is 49.3 Å². The van der Waals surface area contributed by atoms with Gasteiger partial charge in [0, 0.05) is 10.5 Å². The van der Waals surface area contributed by atoms with Crippen LogP contribution in [0.4, 0.5) is 4.39 Å². The SMILES string of the molecule is O=C(NC1CCCC(O)C1)c1ccc(Br)cc1F. The first kappa shape index (κ1) is 13.5. The minimum atomic E-state index is -0.543. The van der Waals surface area contributed by atoms with E-state index in [1.54, 1.807) is 6.07 Å². The van der Waals surface area contributed by atoms with Gasteiger partial charge in [0.1, 0.15) is 5.82 Å². The number of nitrogens with one attached hydrogen (secondary N) is 1. The van der Waals surface area contributed by atoms with E-state index in [-0.39, 0.29) is 17.7 Å². The lowest BCUT2D eigenvalue weighted by Crippen LogP contribution is -2.40. The maximum atomic E-state index is 13.6. The van der Waals surface area contributed by atoms with Crippen LogP contribution in [0.1, 0.15) is 36.0 Å². The van der Waals surface area contributed by atoms with Crippen LogP contribution in [0.25, 0.3) is 0 Å². The average molecular weight is 316 g/mol. The Bertz CT molecular complexity index is 453. The van der Waals surface area contributed by atoms with Crippen LogP contribution in [0.3, 0.4) is 0 Å². The number of amides is 1. The Morgan fingerprint density at radius 3 is 2.89 bits per heavy atom. The summed E-state index contributed by atoms with van der Waals surface area (Å²) >= 11 is 3.15. The molecule has 1 aliphatic rings. The summed E-state index contributed by atoms with van der Waals surface area (Å²) in [5.74, 6) is -0.961. The maximum absolute atomic E-state index is 13.6. The van der Waals surface area contributed by atoms with E-state index in [1.165, 1.54) is 12.1 Å². The first-order valence-corrected chi connectivity index (χ1v) is 6.79. The Labute approximate surface area is 114 Å². The van der Waals surface area contributed by atoms with E-state index in [0.717, 1.165) is 19.3 Å². The first-order chi connectivity index (χ1) is 8.56. The largest absolute Gasteiger partial charge is 0.393 e. The first-order valence-electron chi connectivity index (χ1n) is 6.00. The van der Waals surface area contributed by atoms with E-state index in [9.17, 15) is 14.3 Å². The summed E-state index contributed by atoms with van der Waals surface area (Å²) in [5.41, 5.74) is 0.0401. The Balaban J connectivity index is 2.03. The van der Waals surface area contributed by atoms with E-state index < -0.39 is 11.7 Å². The third kappa shape index (κ3) is 3.29. The molecule has 1 aliphatic carbocycles. The van der Waals surface area contributed by atoms with Gasteiger partial charge in [0.2, 0.25) is 0 Å². The lowest BCUT2D eigenvalue weighted by Gasteiger charge is -2.26. The predicted octanol–water partition coefficient (Wildman–Crippen LogP) is 2.62. The van der Waals surface area contributed by atoms with E-state index in [1.807, 2.05) is 0 Å². The number of hydrogen-bond donors (Lipinski definition) is 2. The fourth-order valence-corrected chi connectivity index (χ4v) is 2.57. The fraction of sp³-hybridized carbons (Fsp3) is 0.462. The number of carbonyl (C=O) groups excluding carboxylic acids is 1. The van der Waals surface area contributed by atoms with Gasteiger partial charge in [-0.05, 0) is 43.9 Å². The molecule has 1 amide bonds. The van der Waals surface area contributed by atoms with Gasteiger partial charge in [-0.15, -0.1) is 0 Å². The Hall–Kier alpha value is -0.940. The van der Waals surface area contributed by atoms with Crippen LogP contribution in [-0.4, -0.2) is 23.2 Å². The van der Waals surface area contributed by atoms with Crippen molar-refractivity contribution in [2.45, 2.75) is 37.8 Å². The van der Waals surface area contributed by atoms with Gasteiger partial charge in [0.25, 0.3) is 5.91 Å². The number of benzene rings is 1. The quantitative estimate of drug-likeness (QED) is 0.881. The zero-order valence-electron chi connectivity index (χ0n) is 9.83. The van der Waals surface area contributed by atoms with Crippen molar-refractivity contribution in [3.63, 3.8) is 0 Å². The van der Waals surface area contributed by atoms with Crippen molar-refractivity contribution >= 4 is 21.8 Å². The minimum Gasteiger partial charge on any atom is -0.393 e. The molecule has 0 heterocycles. The summed E-state index contributed by atoms with van der Waals surface area (Å²) in [6.45, 7) is 0. The van der Waals surface area contributed by atoms with Gasteiger partial charge >= 0.3 is 0 Å². The van der Waals surface area contributed by atoms with Crippen molar-refractivity contribution in [1.82, 2.24) is 5.32 Å². The number of carbonyl (C=O) groups is 1. The maximum Gasteiger partial charge on any atom is 0.254 e. The highest BCUT2D eigenvalue weighted by Gasteiger charge is 2.23. The lowest BCUT2D eigenvalue weighted by molar-refractivity contribution is 0.0846. The molecule has 0 bridgehead atoms. The molecule has 5 heteroatoms. The van der Waals surface area contributed by atoms with Gasteiger partial charge in [0.05, 0.1) is 11.7 Å². The summed E-state index contributed by atoms with van der Waals surface area (Å²) in [7, 11) is 0. The van der Waals surface area contributed by atoms with Crippen LogP contribution >= 0.6 is 15.9 Å². The molecule has 1 saturated carbocycles. The highest BCUT2D eigenvalue weighted by atomic mass is 79.9. The highest BCUT2D eigenvalue weighted by molar-refractivity contribution is 9.10. The zero-order valence-corrected chi connectivity index (χ0v) is 11.4. The monoisotopic (exact) mass is 315 g/mol. The smallest absolute Gasteiger partial charge is 0.254 e. The van der Waals surface area contributed by atoms with Crippen LogP contribution in [0.2, 0.25) is 0 Å². The molecular weight excluding hydrogens is 301 g/mol. The van der Waals surface area contributed by atoms with Crippen molar-refractivity contribution in [2.24, 2.45) is 0 Å². The molecule has 1 aromatic carbocycles. The summed E-state index contributed by atoms with van der Waals surface area (Å²) in [4.78, 5) is 11.9. The van der Waals surface area contributed by atoms with Crippen molar-refractivity contribution < 1.29 is 14.3 Å². The van der Waals surface area contributed by atoms with Crippen LogP contribution in [0.5, 0.6) is 0 Å². The number of hydrogen-bond acceptors (Lipinski definition) is 2. The molecule has 2 N–H and O–H groups in total. The van der Waals surface area contributed by atoms with Gasteiger partial charge in [-0.1, -0.05) is 15.9 Å². The van der Waals surface area contributed by atoms with Crippen LogP contribution < -0.4 is 5.32 Å². The third-order valence-corrected chi connectivity index (χ3v) is 3.65. The summed E-state index contributed by atoms with van der Waals surface area (Å²) in [6, 6.07) is 4.29. The highest BCUT2D eigenvalue weighted by Crippen LogP contribution is 2.20. The molecule has 1 fully saturated rings. The summed E-state index contributed by atoms with van der Waals surface area (Å²) in [5, 5.41) is 12.3. The number of halogens is 2. The number of aliphatic hydroxyl groups excluding tert-OH is 1. The molecule has 2 atom stereocenters. The standard InChI is InChI=1S/C13H15BrFNO2/c14-8-4-5-11(12(15)6-8)13(18)16-9-2-1-3-10(17)7-9/h4-6,9-10,17H,1-3,7H2,(H,16,18). The summed E-state index contributed by atoms with van der Waals surface area (Å²) in [6.07, 6.45) is 2.68. The number of aliphatic hydroxyl groups is 1. The van der Waals surface area contributed by atoms with E-state index in [4.69, 9.17) is 0 Å². The van der Waals surface area contributed by atoms with Crippen molar-refractivity contribution in [1.29, 1.82) is 0 Å². The van der Waals surface area contributed by atoms with E-state index >= 15 is 0 Å². The molecule has 18 heavy (non-hydrogen) atoms. The summed E-state index contributed by atoms with van der Waals surface area (Å²) < 4.78 is 14.2. The second-order valence-electron chi connectivity index (χ2n) is 4.61. The molecular formula is C13H15BrFNO2. The minimum absolute atomic E-state index is 0.0401. The Morgan fingerprint density at radius 1 is 1.44 bits per heavy atom. The van der Waals surface area contributed by atoms with Crippen molar-refractivity contribution in [3.8, 4) is 0 Å². The van der Waals surface area contributed by atoms with E-state index in [2.05, 4.69) is 21.2 Å². The van der Waals surface area contributed by atoms with Crippen LogP contribution in [-0.2, 0) is 0 Å². The molecule has 0 aromatic heterocycles. The fourth-order valence-electron chi connectivity index (χ4n) is 2.23. The molecule has 98 valence electrons. The molecule has 0 aliphatic heterocycles. The predicted molar refractivity (Wildman–Crippen MR) is 69.8 cm³/mol. The van der Waals surface area contributed by atoms with Gasteiger partial charge < -0.3 is 10.4 Å². The molecule has 2 unspecified atom stereocenters. The van der Waals surface area contributed by atoms with Crippen LogP contribution in [0, 0.1) is 5.82 Å². The molecule has 1 aromatic rings. The molecule has 0 radical (unpaired) electrons. The molecule has 0 saturated heterocycles. The lowest BCUT2D eigenvalue weighted by atomic mass is 9.93. The second-order valence-corrected chi connectivity index (χ2v) is 5.53. The zero-order chi connectivity index (χ0) is 13.1. The Kier molecular flexibility index (Phi) is 4.35. The number of rotatable bonds is 2. The van der Waals surface area contributed by atoms with Gasteiger partial charge in [-0.2, -0.15) is 0 Å². The van der Waals surface area contributed by atoms with Crippen molar-refractivity contribution in [3.05, 3.63) is 34.1 Å². The molecule has 3 nitrogen and oxygen atoms in total. The molecule has 2 rings (SSSR count). The average Bonchev–Trinajstić information content (AvgIpc) is 2.28. The third-order valence-electron chi connectivity index (χ3n) is 3.16. The Morgan fingerprint density at radius 2 is 2.22 bits per heavy atom. The molecule has 0 spiro atoms. The van der Waals surface area contributed by atoms with E-state index in [0.29, 0.717) is 10.9 Å². The van der Waals surface area contributed by atoms with Crippen molar-refractivity contribution in [2.75, 3.05) is 0 Å². The normalized spacial score (nSPS) is 23.7. The van der Waals surface area contributed by atoms with Gasteiger partial charge in [0.15, 0.2) is 0 Å². The van der Waals surface area contributed by atoms with Gasteiger partial charge in [-0.3, -0.25) is 4.79 Å². The van der Waals surface area contributed by atoms with Gasteiger partial charge in [-0.25, -0.2) is 4.39 Å². The second kappa shape index (κ2) is 5.80. The van der Waals surface area contributed by atoms with Crippen LogP contribution in [0.15, 0.2) is 22.7 Å².